The van der Waals surface area contributed by atoms with Crippen molar-refractivity contribution in [1.29, 1.82) is 0 Å². The van der Waals surface area contributed by atoms with Gasteiger partial charge in [-0.2, -0.15) is 13.2 Å². The average molecular weight is 440 g/mol. The highest BCUT2D eigenvalue weighted by Gasteiger charge is 2.37. The van der Waals surface area contributed by atoms with Crippen molar-refractivity contribution in [3.05, 3.63) is 34.4 Å². The van der Waals surface area contributed by atoms with Gasteiger partial charge in [0.2, 0.25) is 5.91 Å². The first-order valence-corrected chi connectivity index (χ1v) is 11.3. The van der Waals surface area contributed by atoms with Gasteiger partial charge in [0.1, 0.15) is 0 Å². The van der Waals surface area contributed by atoms with E-state index in [4.69, 9.17) is 4.74 Å². The molecule has 0 bridgehead atoms. The summed E-state index contributed by atoms with van der Waals surface area (Å²) in [6.45, 7) is 2.80. The van der Waals surface area contributed by atoms with Gasteiger partial charge in [0, 0.05) is 50.8 Å². The Morgan fingerprint density at radius 3 is 2.65 bits per heavy atom. The molecule has 2 aliphatic heterocycles. The van der Waals surface area contributed by atoms with Crippen LogP contribution in [-0.2, 0) is 35.2 Å². The van der Waals surface area contributed by atoms with E-state index in [1.807, 2.05) is 0 Å². The number of hydrogen-bond donors (Lipinski definition) is 2. The fraction of sp³-hybridized carbons (Fsp3) is 0.696. The molecule has 0 radical (unpaired) electrons. The van der Waals surface area contributed by atoms with Gasteiger partial charge in [-0.1, -0.05) is 0 Å². The lowest BCUT2D eigenvalue weighted by atomic mass is 9.91. The van der Waals surface area contributed by atoms with Crippen LogP contribution in [0.4, 0.5) is 13.2 Å². The molecule has 1 aromatic carbocycles. The minimum Gasteiger partial charge on any atom is -0.381 e. The fourth-order valence-corrected chi connectivity index (χ4v) is 5.30. The Morgan fingerprint density at radius 1 is 1.16 bits per heavy atom. The van der Waals surface area contributed by atoms with Crippen molar-refractivity contribution in [3.63, 3.8) is 0 Å². The van der Waals surface area contributed by atoms with Crippen LogP contribution in [0.1, 0.15) is 54.4 Å². The maximum Gasteiger partial charge on any atom is 0.416 e. The maximum atomic E-state index is 13.4. The summed E-state index contributed by atoms with van der Waals surface area (Å²) >= 11 is 0. The van der Waals surface area contributed by atoms with Crippen LogP contribution in [-0.4, -0.2) is 49.7 Å². The third-order valence-corrected chi connectivity index (χ3v) is 6.91. The molecule has 2 heterocycles. The number of benzene rings is 1. The number of amides is 1. The molecule has 0 aromatic heterocycles. The van der Waals surface area contributed by atoms with Gasteiger partial charge in [-0.15, -0.1) is 0 Å². The average Bonchev–Trinajstić information content (AvgIpc) is 3.21. The minimum absolute atomic E-state index is 0.0403. The second kappa shape index (κ2) is 9.46. The van der Waals surface area contributed by atoms with Crippen LogP contribution in [0.2, 0.25) is 0 Å². The molecule has 1 aromatic rings. The van der Waals surface area contributed by atoms with Crippen molar-refractivity contribution in [3.8, 4) is 0 Å². The molecule has 0 spiro atoms. The Morgan fingerprint density at radius 2 is 1.94 bits per heavy atom. The normalized spacial score (nSPS) is 25.0. The zero-order valence-corrected chi connectivity index (χ0v) is 18.1. The van der Waals surface area contributed by atoms with E-state index in [1.165, 1.54) is 12.1 Å². The van der Waals surface area contributed by atoms with Crippen LogP contribution in [0, 0.1) is 5.92 Å². The summed E-state index contributed by atoms with van der Waals surface area (Å²) in [7, 11) is 1.73. The molecule has 3 aliphatic rings. The van der Waals surface area contributed by atoms with Crippen molar-refractivity contribution < 1.29 is 22.7 Å². The molecule has 2 atom stereocenters. The number of nitrogens with one attached hydrogen (secondary N) is 2. The van der Waals surface area contributed by atoms with Gasteiger partial charge in [0.25, 0.3) is 0 Å². The van der Waals surface area contributed by atoms with Gasteiger partial charge in [-0.3, -0.25) is 4.79 Å². The molecular weight excluding hydrogens is 407 g/mol. The summed E-state index contributed by atoms with van der Waals surface area (Å²) in [4.78, 5) is 15.0. The second-order valence-corrected chi connectivity index (χ2v) is 9.07. The van der Waals surface area contributed by atoms with E-state index in [2.05, 4.69) is 10.6 Å². The molecule has 5 nitrogen and oxygen atoms in total. The molecule has 31 heavy (non-hydrogen) atoms. The van der Waals surface area contributed by atoms with E-state index >= 15 is 0 Å². The van der Waals surface area contributed by atoms with Crippen molar-refractivity contribution >= 4 is 5.91 Å². The highest BCUT2D eigenvalue weighted by atomic mass is 19.4. The lowest BCUT2D eigenvalue weighted by Gasteiger charge is -2.33. The van der Waals surface area contributed by atoms with E-state index < -0.39 is 11.7 Å². The van der Waals surface area contributed by atoms with Gasteiger partial charge < -0.3 is 20.3 Å². The molecule has 4 rings (SSSR count). The Kier molecular flexibility index (Phi) is 6.89. The maximum absolute atomic E-state index is 13.4. The number of carbonyl (C=O) groups excluding carboxylic acids is 1. The highest BCUT2D eigenvalue weighted by Crippen LogP contribution is 2.35. The largest absolute Gasteiger partial charge is 0.416 e. The molecule has 2 unspecified atom stereocenters. The van der Waals surface area contributed by atoms with Gasteiger partial charge in [-0.05, 0) is 74.4 Å². The van der Waals surface area contributed by atoms with Crippen molar-refractivity contribution in [2.24, 2.45) is 5.92 Å². The number of hydrogen-bond acceptors (Lipinski definition) is 4. The number of carbonyl (C=O) groups is 1. The number of nitrogens with zero attached hydrogens (tertiary/aromatic N) is 1. The standard InChI is InChI=1S/C23H32F3N3O2/c1-27-13-16-10-18(23(24,25)26)11-17-14-29(7-4-21(16)17)22(30)15-2-3-20(12-15)28-19-5-8-31-9-6-19/h10-11,15,19-20,27-28H,2-9,12-14H2,1H3. The van der Waals surface area contributed by atoms with E-state index in [0.717, 1.165) is 50.9 Å². The molecule has 172 valence electrons. The smallest absolute Gasteiger partial charge is 0.381 e. The quantitative estimate of drug-likeness (QED) is 0.740. The first kappa shape index (κ1) is 22.6. The topological polar surface area (TPSA) is 53.6 Å². The Bertz CT molecular complexity index is 793. The third-order valence-electron chi connectivity index (χ3n) is 6.91. The fourth-order valence-electron chi connectivity index (χ4n) is 5.30. The van der Waals surface area contributed by atoms with Crippen molar-refractivity contribution in [1.82, 2.24) is 15.5 Å². The number of fused-ring (bicyclic) bond motifs is 1. The SMILES string of the molecule is CNCc1cc(C(F)(F)F)cc2c1CCN(C(=O)C1CCC(NC3CCOCC3)C1)C2. The zero-order chi connectivity index (χ0) is 22.0. The predicted molar refractivity (Wildman–Crippen MR) is 111 cm³/mol. The monoisotopic (exact) mass is 439 g/mol. The minimum atomic E-state index is -4.39. The molecule has 1 aliphatic carbocycles. The van der Waals surface area contributed by atoms with Crippen LogP contribution < -0.4 is 10.6 Å². The van der Waals surface area contributed by atoms with Gasteiger partial charge in [-0.25, -0.2) is 0 Å². The first-order chi connectivity index (χ1) is 14.8. The summed E-state index contributed by atoms with van der Waals surface area (Å²) in [5, 5.41) is 6.65. The summed E-state index contributed by atoms with van der Waals surface area (Å²) in [6.07, 6.45) is 0.862. The highest BCUT2D eigenvalue weighted by molar-refractivity contribution is 5.79. The molecule has 1 saturated carbocycles. The van der Waals surface area contributed by atoms with Gasteiger partial charge in [0.05, 0.1) is 5.56 Å². The van der Waals surface area contributed by atoms with Crippen LogP contribution in [0.15, 0.2) is 12.1 Å². The van der Waals surface area contributed by atoms with Crippen LogP contribution in [0.5, 0.6) is 0 Å². The van der Waals surface area contributed by atoms with Gasteiger partial charge in [0.15, 0.2) is 0 Å². The number of ether oxygens (including phenoxy) is 1. The lowest BCUT2D eigenvalue weighted by molar-refractivity contribution is -0.137. The summed E-state index contributed by atoms with van der Waals surface area (Å²) in [6, 6.07) is 3.28. The molecule has 2 fully saturated rings. The second-order valence-electron chi connectivity index (χ2n) is 9.07. The number of halogens is 3. The molecule has 2 N–H and O–H groups in total. The first-order valence-electron chi connectivity index (χ1n) is 11.3. The van der Waals surface area contributed by atoms with Crippen LogP contribution in [0.3, 0.4) is 0 Å². The predicted octanol–water partition coefficient (Wildman–Crippen LogP) is 3.25. The number of alkyl halides is 3. The van der Waals surface area contributed by atoms with Gasteiger partial charge >= 0.3 is 6.18 Å². The Labute approximate surface area is 181 Å². The van der Waals surface area contributed by atoms with E-state index in [0.29, 0.717) is 42.7 Å². The summed E-state index contributed by atoms with van der Waals surface area (Å²) in [5.41, 5.74) is 1.64. The van der Waals surface area contributed by atoms with E-state index in [1.54, 1.807) is 11.9 Å². The third kappa shape index (κ3) is 5.23. The summed E-state index contributed by atoms with van der Waals surface area (Å²) in [5.74, 6) is 0.0518. The summed E-state index contributed by atoms with van der Waals surface area (Å²) < 4.78 is 45.6. The number of rotatable bonds is 5. The molecular formula is C23H32F3N3O2. The zero-order valence-electron chi connectivity index (χ0n) is 18.1. The molecule has 8 heteroatoms. The molecule has 1 saturated heterocycles. The van der Waals surface area contributed by atoms with E-state index in [-0.39, 0.29) is 18.4 Å². The Hall–Kier alpha value is -1.64. The van der Waals surface area contributed by atoms with Crippen LogP contribution >= 0.6 is 0 Å². The lowest BCUT2D eigenvalue weighted by Crippen LogP contribution is -2.42. The Balaban J connectivity index is 1.42. The molecule has 1 amide bonds. The van der Waals surface area contributed by atoms with Crippen LogP contribution in [0.25, 0.3) is 0 Å². The van der Waals surface area contributed by atoms with Crippen molar-refractivity contribution in [2.75, 3.05) is 26.8 Å². The van der Waals surface area contributed by atoms with E-state index in [9.17, 15) is 18.0 Å². The van der Waals surface area contributed by atoms with Crippen molar-refractivity contribution in [2.45, 2.75) is 69.9 Å².